The lowest BCUT2D eigenvalue weighted by Crippen LogP contribution is -2.47. The molecule has 0 radical (unpaired) electrons. The standard InChI is InChI=1S/C15H26N2O2S/c1-20-15(7-9-19-10-8-15)12-17-14(18)16-11-13-5-3-2-4-6-13/h2-3,13H,4-12H2,1H3,(H2,16,17,18). The Kier molecular flexibility index (Phi) is 6.23. The molecule has 114 valence electrons. The maximum Gasteiger partial charge on any atom is 0.314 e. The summed E-state index contributed by atoms with van der Waals surface area (Å²) < 4.78 is 5.57. The van der Waals surface area contributed by atoms with Gasteiger partial charge < -0.3 is 15.4 Å². The number of thioether (sulfide) groups is 1. The molecule has 20 heavy (non-hydrogen) atoms. The molecule has 0 bridgehead atoms. The summed E-state index contributed by atoms with van der Waals surface area (Å²) in [4.78, 5) is 11.9. The lowest BCUT2D eigenvalue weighted by Gasteiger charge is -2.35. The summed E-state index contributed by atoms with van der Waals surface area (Å²) in [6.07, 6.45) is 12.0. The van der Waals surface area contributed by atoms with Crippen molar-refractivity contribution in [1.82, 2.24) is 10.6 Å². The van der Waals surface area contributed by atoms with Crippen molar-refractivity contribution in [3.63, 3.8) is 0 Å². The Morgan fingerprint density at radius 2 is 2.15 bits per heavy atom. The van der Waals surface area contributed by atoms with Crippen LogP contribution >= 0.6 is 11.8 Å². The Morgan fingerprint density at radius 1 is 1.35 bits per heavy atom. The zero-order valence-corrected chi connectivity index (χ0v) is 13.1. The number of amides is 2. The molecule has 0 saturated carbocycles. The van der Waals surface area contributed by atoms with E-state index in [0.717, 1.165) is 52.0 Å². The van der Waals surface area contributed by atoms with Gasteiger partial charge in [0.2, 0.25) is 0 Å². The van der Waals surface area contributed by atoms with E-state index in [-0.39, 0.29) is 10.8 Å². The second kappa shape index (κ2) is 7.93. The average molecular weight is 298 g/mol. The third-order valence-electron chi connectivity index (χ3n) is 4.34. The molecule has 0 aromatic heterocycles. The highest BCUT2D eigenvalue weighted by Crippen LogP contribution is 2.32. The molecule has 1 saturated heterocycles. The summed E-state index contributed by atoms with van der Waals surface area (Å²) in [6.45, 7) is 3.12. The number of ether oxygens (including phenoxy) is 1. The number of urea groups is 1. The number of hydrogen-bond donors (Lipinski definition) is 2. The first-order chi connectivity index (χ1) is 9.74. The van der Waals surface area contributed by atoms with Crippen LogP contribution in [-0.4, -0.2) is 43.3 Å². The quantitative estimate of drug-likeness (QED) is 0.767. The molecule has 1 unspecified atom stereocenters. The lowest BCUT2D eigenvalue weighted by atomic mass is 9.94. The van der Waals surface area contributed by atoms with Crippen LogP contribution in [0.1, 0.15) is 32.1 Å². The van der Waals surface area contributed by atoms with E-state index >= 15 is 0 Å². The van der Waals surface area contributed by atoms with Crippen LogP contribution in [0.5, 0.6) is 0 Å². The van der Waals surface area contributed by atoms with Crippen molar-refractivity contribution in [3.05, 3.63) is 12.2 Å². The number of allylic oxidation sites excluding steroid dienone is 2. The first kappa shape index (κ1) is 15.7. The maximum atomic E-state index is 11.9. The molecule has 1 fully saturated rings. The summed E-state index contributed by atoms with van der Waals surface area (Å²) in [6, 6.07) is -0.0283. The van der Waals surface area contributed by atoms with Crippen LogP contribution in [0.15, 0.2) is 12.2 Å². The fourth-order valence-electron chi connectivity index (χ4n) is 2.78. The fourth-order valence-corrected chi connectivity index (χ4v) is 3.57. The molecule has 1 heterocycles. The first-order valence-corrected chi connectivity index (χ1v) is 8.76. The highest BCUT2D eigenvalue weighted by Gasteiger charge is 2.32. The van der Waals surface area contributed by atoms with Gasteiger partial charge in [-0.1, -0.05) is 12.2 Å². The van der Waals surface area contributed by atoms with Gasteiger partial charge >= 0.3 is 6.03 Å². The van der Waals surface area contributed by atoms with Gasteiger partial charge in [-0.15, -0.1) is 0 Å². The van der Waals surface area contributed by atoms with E-state index in [1.54, 1.807) is 0 Å². The molecule has 2 amide bonds. The van der Waals surface area contributed by atoms with Crippen molar-refractivity contribution in [2.45, 2.75) is 36.9 Å². The molecular formula is C15H26N2O2S. The van der Waals surface area contributed by atoms with E-state index in [9.17, 15) is 4.79 Å². The van der Waals surface area contributed by atoms with Gasteiger partial charge in [-0.05, 0) is 44.3 Å². The Labute approximate surface area is 126 Å². The van der Waals surface area contributed by atoms with Gasteiger partial charge in [0.15, 0.2) is 0 Å². The fraction of sp³-hybridized carbons (Fsp3) is 0.800. The van der Waals surface area contributed by atoms with Gasteiger partial charge in [0.25, 0.3) is 0 Å². The van der Waals surface area contributed by atoms with Gasteiger partial charge in [0, 0.05) is 31.1 Å². The van der Waals surface area contributed by atoms with Crippen LogP contribution in [0.2, 0.25) is 0 Å². The van der Waals surface area contributed by atoms with Crippen molar-refractivity contribution in [1.29, 1.82) is 0 Å². The molecule has 2 aliphatic rings. The maximum absolute atomic E-state index is 11.9. The molecular weight excluding hydrogens is 272 g/mol. The molecule has 2 rings (SSSR count). The molecule has 0 aromatic carbocycles. The molecule has 1 aliphatic heterocycles. The van der Waals surface area contributed by atoms with Crippen molar-refractivity contribution < 1.29 is 9.53 Å². The van der Waals surface area contributed by atoms with E-state index in [1.165, 1.54) is 6.42 Å². The van der Waals surface area contributed by atoms with Crippen LogP contribution in [0.25, 0.3) is 0 Å². The van der Waals surface area contributed by atoms with Gasteiger partial charge in [0.05, 0.1) is 0 Å². The predicted octanol–water partition coefficient (Wildman–Crippen LogP) is 2.55. The van der Waals surface area contributed by atoms with Crippen LogP contribution < -0.4 is 10.6 Å². The summed E-state index contributed by atoms with van der Waals surface area (Å²) in [7, 11) is 0. The molecule has 4 nitrogen and oxygen atoms in total. The van der Waals surface area contributed by atoms with Crippen LogP contribution in [0.4, 0.5) is 4.79 Å². The molecule has 2 N–H and O–H groups in total. The zero-order valence-electron chi connectivity index (χ0n) is 12.3. The van der Waals surface area contributed by atoms with Crippen molar-refractivity contribution in [3.8, 4) is 0 Å². The van der Waals surface area contributed by atoms with Crippen molar-refractivity contribution in [2.75, 3.05) is 32.6 Å². The largest absolute Gasteiger partial charge is 0.381 e. The number of carbonyl (C=O) groups is 1. The molecule has 0 aromatic rings. The molecule has 1 aliphatic carbocycles. The third-order valence-corrected chi connectivity index (χ3v) is 5.76. The van der Waals surface area contributed by atoms with Crippen LogP contribution in [0, 0.1) is 5.92 Å². The van der Waals surface area contributed by atoms with E-state index in [0.29, 0.717) is 5.92 Å². The number of rotatable bonds is 5. The second-order valence-corrected chi connectivity index (χ2v) is 6.99. The van der Waals surface area contributed by atoms with Gasteiger partial charge in [0.1, 0.15) is 0 Å². The Morgan fingerprint density at radius 3 is 2.80 bits per heavy atom. The van der Waals surface area contributed by atoms with Crippen LogP contribution in [0.3, 0.4) is 0 Å². The van der Waals surface area contributed by atoms with Gasteiger partial charge in [-0.3, -0.25) is 0 Å². The lowest BCUT2D eigenvalue weighted by molar-refractivity contribution is 0.0777. The summed E-state index contributed by atoms with van der Waals surface area (Å²) >= 11 is 1.85. The average Bonchev–Trinajstić information content (AvgIpc) is 2.53. The smallest absolute Gasteiger partial charge is 0.314 e. The van der Waals surface area contributed by atoms with Crippen molar-refractivity contribution >= 4 is 17.8 Å². The molecule has 5 heteroatoms. The molecule has 1 atom stereocenters. The van der Waals surface area contributed by atoms with E-state index in [2.05, 4.69) is 29.0 Å². The highest BCUT2D eigenvalue weighted by atomic mass is 32.2. The Hall–Kier alpha value is -0.680. The SMILES string of the molecule is CSC1(CNC(=O)NCC2CC=CCC2)CCOCC1. The number of carbonyl (C=O) groups excluding carboxylic acids is 1. The van der Waals surface area contributed by atoms with Crippen molar-refractivity contribution in [2.24, 2.45) is 5.92 Å². The molecule has 0 spiro atoms. The minimum Gasteiger partial charge on any atom is -0.381 e. The predicted molar refractivity (Wildman–Crippen MR) is 84.2 cm³/mol. The third kappa shape index (κ3) is 4.70. The number of nitrogens with one attached hydrogen (secondary N) is 2. The summed E-state index contributed by atoms with van der Waals surface area (Å²) in [5, 5.41) is 6.05. The minimum atomic E-state index is -0.0283. The highest BCUT2D eigenvalue weighted by molar-refractivity contribution is 8.00. The number of hydrogen-bond acceptors (Lipinski definition) is 3. The summed E-state index contributed by atoms with van der Waals surface area (Å²) in [5.41, 5.74) is 0. The van der Waals surface area contributed by atoms with E-state index in [4.69, 9.17) is 4.74 Å². The van der Waals surface area contributed by atoms with Gasteiger partial charge in [-0.2, -0.15) is 11.8 Å². The monoisotopic (exact) mass is 298 g/mol. The first-order valence-electron chi connectivity index (χ1n) is 7.54. The minimum absolute atomic E-state index is 0.0283. The summed E-state index contributed by atoms with van der Waals surface area (Å²) in [5.74, 6) is 0.600. The second-order valence-electron chi connectivity index (χ2n) is 5.71. The topological polar surface area (TPSA) is 50.4 Å². The normalized spacial score (nSPS) is 25.1. The van der Waals surface area contributed by atoms with Crippen LogP contribution in [-0.2, 0) is 4.74 Å². The van der Waals surface area contributed by atoms with E-state index < -0.39 is 0 Å². The van der Waals surface area contributed by atoms with E-state index in [1.807, 2.05) is 11.8 Å². The Bertz CT molecular complexity index is 341. The Balaban J connectivity index is 1.67. The zero-order chi connectivity index (χ0) is 14.3. The van der Waals surface area contributed by atoms with Gasteiger partial charge in [-0.25, -0.2) is 4.79 Å².